The number of nitrogens with one attached hydrogen (secondary N) is 1. The van der Waals surface area contributed by atoms with Crippen molar-refractivity contribution in [1.82, 2.24) is 0 Å². The summed E-state index contributed by atoms with van der Waals surface area (Å²) < 4.78 is 5.76. The minimum atomic E-state index is -0.989. The van der Waals surface area contributed by atoms with E-state index in [1.165, 1.54) is 11.6 Å². The molecule has 0 saturated carbocycles. The van der Waals surface area contributed by atoms with E-state index in [0.717, 1.165) is 18.6 Å². The lowest BCUT2D eigenvalue weighted by Gasteiger charge is -2.19. The van der Waals surface area contributed by atoms with Crippen LogP contribution in [0.25, 0.3) is 0 Å². The molecule has 5 heteroatoms. The fourth-order valence-corrected chi connectivity index (χ4v) is 2.71. The average molecular weight is 376 g/mol. The molecule has 0 spiro atoms. The lowest BCUT2D eigenvalue weighted by molar-refractivity contribution is 0.0698. The molecule has 2 N–H and O–H groups in total. The number of hydrogen-bond donors (Lipinski definition) is 2. The number of benzene rings is 2. The molecule has 0 heterocycles. The van der Waals surface area contributed by atoms with Gasteiger partial charge in [-0.1, -0.05) is 44.5 Å². The van der Waals surface area contributed by atoms with Gasteiger partial charge in [-0.15, -0.1) is 0 Å². The van der Waals surface area contributed by atoms with E-state index in [-0.39, 0.29) is 11.0 Å². The Labute approximate surface area is 160 Å². The first kappa shape index (κ1) is 20.1. The number of unbranched alkanes of at least 4 members (excludes halogenated alkanes) is 1. The summed E-state index contributed by atoms with van der Waals surface area (Å²) in [5.41, 5.74) is 2.19. The van der Waals surface area contributed by atoms with Crippen LogP contribution in [0.4, 0.5) is 5.69 Å². The molecule has 0 atom stereocenters. The molecular formula is C21H26ClNO3. The van der Waals surface area contributed by atoms with E-state index in [0.29, 0.717) is 23.9 Å². The number of carbonyl (C=O) groups is 1. The zero-order valence-corrected chi connectivity index (χ0v) is 16.3. The van der Waals surface area contributed by atoms with Crippen LogP contribution in [0.1, 0.15) is 49.5 Å². The van der Waals surface area contributed by atoms with Crippen LogP contribution < -0.4 is 10.1 Å². The summed E-state index contributed by atoms with van der Waals surface area (Å²) in [4.78, 5) is 11.2. The fraction of sp³-hybridized carbons (Fsp3) is 0.381. The van der Waals surface area contributed by atoms with Crippen molar-refractivity contribution in [3.05, 3.63) is 58.6 Å². The van der Waals surface area contributed by atoms with Crippen LogP contribution in [-0.4, -0.2) is 24.2 Å². The predicted molar refractivity (Wildman–Crippen MR) is 107 cm³/mol. The summed E-state index contributed by atoms with van der Waals surface area (Å²) in [6.45, 7) is 7.86. The van der Waals surface area contributed by atoms with E-state index in [2.05, 4.69) is 38.2 Å². The average Bonchev–Trinajstić information content (AvgIpc) is 2.58. The van der Waals surface area contributed by atoms with Gasteiger partial charge in [0.05, 0.1) is 12.2 Å². The maximum absolute atomic E-state index is 11.2. The Morgan fingerprint density at radius 3 is 2.42 bits per heavy atom. The number of hydrogen-bond acceptors (Lipinski definition) is 3. The molecule has 0 aliphatic carbocycles. The first-order valence-electron chi connectivity index (χ1n) is 8.77. The van der Waals surface area contributed by atoms with Crippen molar-refractivity contribution < 1.29 is 14.6 Å². The van der Waals surface area contributed by atoms with Crippen LogP contribution in [-0.2, 0) is 5.41 Å². The molecular weight excluding hydrogens is 350 g/mol. The monoisotopic (exact) mass is 375 g/mol. The Hall–Kier alpha value is -2.20. The SMILES string of the molecule is CC(C)(C)c1ccc(OCCCCNc2ccc(Cl)cc2C(=O)O)cc1. The summed E-state index contributed by atoms with van der Waals surface area (Å²) in [5, 5.41) is 12.8. The molecule has 0 aliphatic heterocycles. The Bertz CT molecular complexity index is 736. The first-order chi connectivity index (χ1) is 12.3. The van der Waals surface area contributed by atoms with Gasteiger partial charge in [0.25, 0.3) is 0 Å². The van der Waals surface area contributed by atoms with Crippen molar-refractivity contribution in [3.63, 3.8) is 0 Å². The van der Waals surface area contributed by atoms with Gasteiger partial charge in [-0.2, -0.15) is 0 Å². The molecule has 0 radical (unpaired) electrons. The minimum Gasteiger partial charge on any atom is -0.494 e. The second-order valence-electron chi connectivity index (χ2n) is 7.25. The Kier molecular flexibility index (Phi) is 6.92. The summed E-state index contributed by atoms with van der Waals surface area (Å²) in [6, 6.07) is 13.0. The Morgan fingerprint density at radius 1 is 1.12 bits per heavy atom. The molecule has 0 bridgehead atoms. The number of halogens is 1. The summed E-state index contributed by atoms with van der Waals surface area (Å²) in [5.74, 6) is -0.117. The van der Waals surface area contributed by atoms with Gasteiger partial charge in [0.15, 0.2) is 0 Å². The van der Waals surface area contributed by atoms with E-state index < -0.39 is 5.97 Å². The van der Waals surface area contributed by atoms with Gasteiger partial charge in [0.2, 0.25) is 0 Å². The normalized spacial score (nSPS) is 11.2. The quantitative estimate of drug-likeness (QED) is 0.589. The molecule has 26 heavy (non-hydrogen) atoms. The number of anilines is 1. The third kappa shape index (κ3) is 5.95. The lowest BCUT2D eigenvalue weighted by atomic mass is 9.87. The Morgan fingerprint density at radius 2 is 1.81 bits per heavy atom. The van der Waals surface area contributed by atoms with Gasteiger partial charge in [-0.25, -0.2) is 4.79 Å². The van der Waals surface area contributed by atoms with Gasteiger partial charge in [0.1, 0.15) is 5.75 Å². The van der Waals surface area contributed by atoms with Crippen molar-refractivity contribution in [2.24, 2.45) is 0 Å². The molecule has 140 valence electrons. The third-order valence-corrected chi connectivity index (χ3v) is 4.32. The van der Waals surface area contributed by atoms with Gasteiger partial charge in [-0.05, 0) is 54.2 Å². The molecule has 0 aliphatic rings. The van der Waals surface area contributed by atoms with Crippen LogP contribution in [0.2, 0.25) is 5.02 Å². The number of rotatable bonds is 8. The summed E-state index contributed by atoms with van der Waals surface area (Å²) in [6.07, 6.45) is 1.76. The van der Waals surface area contributed by atoms with E-state index in [4.69, 9.17) is 16.3 Å². The number of carboxylic acids is 1. The predicted octanol–water partition coefficient (Wildman–Crippen LogP) is 5.61. The van der Waals surface area contributed by atoms with Gasteiger partial charge in [-0.3, -0.25) is 0 Å². The van der Waals surface area contributed by atoms with Gasteiger partial charge in [0, 0.05) is 17.3 Å². The second kappa shape index (κ2) is 8.95. The summed E-state index contributed by atoms with van der Waals surface area (Å²) >= 11 is 5.85. The number of ether oxygens (including phenoxy) is 1. The highest BCUT2D eigenvalue weighted by Crippen LogP contribution is 2.24. The molecule has 0 amide bonds. The molecule has 0 aromatic heterocycles. The van der Waals surface area contributed by atoms with E-state index in [1.807, 2.05) is 12.1 Å². The van der Waals surface area contributed by atoms with Crippen LogP contribution in [0, 0.1) is 0 Å². The molecule has 0 unspecified atom stereocenters. The van der Waals surface area contributed by atoms with Crippen LogP contribution in [0.3, 0.4) is 0 Å². The lowest BCUT2D eigenvalue weighted by Crippen LogP contribution is -2.10. The fourth-order valence-electron chi connectivity index (χ4n) is 2.54. The standard InChI is InChI=1S/C21H26ClNO3/c1-21(2,3)15-6-9-17(10-7-15)26-13-5-4-12-23-19-11-8-16(22)14-18(19)20(24)25/h6-11,14,23H,4-5,12-13H2,1-3H3,(H,24,25). The van der Waals surface area contributed by atoms with Crippen molar-refractivity contribution in [2.75, 3.05) is 18.5 Å². The zero-order valence-electron chi connectivity index (χ0n) is 15.5. The molecule has 0 saturated heterocycles. The largest absolute Gasteiger partial charge is 0.494 e. The van der Waals surface area contributed by atoms with Crippen LogP contribution >= 0.6 is 11.6 Å². The zero-order chi connectivity index (χ0) is 19.2. The molecule has 2 rings (SSSR count). The second-order valence-corrected chi connectivity index (χ2v) is 7.69. The van der Waals surface area contributed by atoms with Crippen molar-refractivity contribution in [2.45, 2.75) is 39.0 Å². The maximum Gasteiger partial charge on any atom is 0.337 e. The molecule has 4 nitrogen and oxygen atoms in total. The third-order valence-electron chi connectivity index (χ3n) is 4.09. The van der Waals surface area contributed by atoms with E-state index in [1.54, 1.807) is 12.1 Å². The maximum atomic E-state index is 11.2. The summed E-state index contributed by atoms with van der Waals surface area (Å²) in [7, 11) is 0. The number of aromatic carboxylic acids is 1. The van der Waals surface area contributed by atoms with Gasteiger partial charge >= 0.3 is 5.97 Å². The highest BCUT2D eigenvalue weighted by Gasteiger charge is 2.13. The highest BCUT2D eigenvalue weighted by molar-refractivity contribution is 6.31. The van der Waals surface area contributed by atoms with E-state index in [9.17, 15) is 9.90 Å². The highest BCUT2D eigenvalue weighted by atomic mass is 35.5. The van der Waals surface area contributed by atoms with Gasteiger partial charge < -0.3 is 15.2 Å². The topological polar surface area (TPSA) is 58.6 Å². The van der Waals surface area contributed by atoms with Crippen LogP contribution in [0.15, 0.2) is 42.5 Å². The first-order valence-corrected chi connectivity index (χ1v) is 9.15. The van der Waals surface area contributed by atoms with Crippen molar-refractivity contribution >= 4 is 23.3 Å². The van der Waals surface area contributed by atoms with Crippen molar-refractivity contribution in [3.8, 4) is 5.75 Å². The van der Waals surface area contributed by atoms with Crippen LogP contribution in [0.5, 0.6) is 5.75 Å². The minimum absolute atomic E-state index is 0.140. The molecule has 2 aromatic carbocycles. The molecule has 0 fully saturated rings. The molecule has 2 aromatic rings. The smallest absolute Gasteiger partial charge is 0.337 e. The number of carboxylic acid groups (broad SMARTS) is 1. The Balaban J connectivity index is 1.72. The van der Waals surface area contributed by atoms with Crippen molar-refractivity contribution in [1.29, 1.82) is 0 Å². The van der Waals surface area contributed by atoms with E-state index >= 15 is 0 Å².